The van der Waals surface area contributed by atoms with E-state index in [0.29, 0.717) is 24.1 Å². The van der Waals surface area contributed by atoms with Gasteiger partial charge in [-0.25, -0.2) is 14.1 Å². The number of methoxy groups -OCH3 is 1. The highest BCUT2D eigenvalue weighted by Gasteiger charge is 2.26. The number of benzene rings is 1. The van der Waals surface area contributed by atoms with E-state index in [1.807, 2.05) is 22.9 Å². The first-order chi connectivity index (χ1) is 17.9. The van der Waals surface area contributed by atoms with Crippen LogP contribution in [0.1, 0.15) is 41.6 Å². The molecule has 2 fully saturated rings. The number of aryl methyl sites for hydroxylation is 1. The molecule has 0 unspecified atom stereocenters. The molecule has 1 amide bonds. The zero-order chi connectivity index (χ0) is 25.7. The Bertz CT molecular complexity index is 1480. The van der Waals surface area contributed by atoms with Crippen LogP contribution in [-0.4, -0.2) is 62.5 Å². The maximum atomic E-state index is 14.6. The first-order valence-electron chi connectivity index (χ1n) is 12.6. The molecule has 1 saturated carbocycles. The lowest BCUT2D eigenvalue weighted by Gasteiger charge is -2.32. The fourth-order valence-electron chi connectivity index (χ4n) is 4.88. The Morgan fingerprint density at radius 2 is 1.89 bits per heavy atom. The van der Waals surface area contributed by atoms with Crippen molar-refractivity contribution in [1.29, 1.82) is 0 Å². The second kappa shape index (κ2) is 9.19. The second-order valence-corrected chi connectivity index (χ2v) is 9.86. The predicted molar refractivity (Wildman–Crippen MR) is 137 cm³/mol. The minimum Gasteiger partial charge on any atom is -0.494 e. The Kier molecular flexibility index (Phi) is 5.83. The third kappa shape index (κ3) is 4.42. The molecule has 3 aromatic heterocycles. The van der Waals surface area contributed by atoms with Crippen LogP contribution in [0.25, 0.3) is 22.6 Å². The van der Waals surface area contributed by atoms with E-state index in [1.165, 1.54) is 6.07 Å². The Morgan fingerprint density at radius 1 is 1.11 bits per heavy atom. The van der Waals surface area contributed by atoms with E-state index >= 15 is 0 Å². The van der Waals surface area contributed by atoms with Gasteiger partial charge in [0.15, 0.2) is 0 Å². The Labute approximate surface area is 213 Å². The highest BCUT2D eigenvalue weighted by Crippen LogP contribution is 2.34. The number of imidazole rings is 1. The summed E-state index contributed by atoms with van der Waals surface area (Å²) in [5, 5.41) is 17.3. The van der Waals surface area contributed by atoms with Crippen LogP contribution in [0.3, 0.4) is 0 Å². The molecule has 1 aliphatic carbocycles. The molecule has 192 valence electrons. The number of carbonyl (C=O) groups excluding carboxylic acids is 1. The molecule has 2 aliphatic rings. The van der Waals surface area contributed by atoms with E-state index < -0.39 is 11.7 Å². The minimum atomic E-state index is -0.541. The van der Waals surface area contributed by atoms with Crippen molar-refractivity contribution in [2.75, 3.05) is 25.1 Å². The lowest BCUT2D eigenvalue weighted by Crippen LogP contribution is -2.36. The van der Waals surface area contributed by atoms with Gasteiger partial charge in [-0.2, -0.15) is 5.10 Å². The summed E-state index contributed by atoms with van der Waals surface area (Å²) in [6, 6.07) is 4.98. The van der Waals surface area contributed by atoms with Crippen molar-refractivity contribution in [1.82, 2.24) is 24.5 Å². The van der Waals surface area contributed by atoms with Gasteiger partial charge in [-0.3, -0.25) is 9.20 Å². The number of ether oxygens (including phenoxy) is 1. The lowest BCUT2D eigenvalue weighted by molar-refractivity contribution is 0.0947. The molecule has 1 aromatic carbocycles. The van der Waals surface area contributed by atoms with Crippen molar-refractivity contribution in [3.63, 3.8) is 0 Å². The Morgan fingerprint density at radius 3 is 2.62 bits per heavy atom. The summed E-state index contributed by atoms with van der Waals surface area (Å²) in [5.41, 5.74) is 4.66. The minimum absolute atomic E-state index is 0.0164. The van der Waals surface area contributed by atoms with Crippen LogP contribution in [0.15, 0.2) is 43.0 Å². The number of rotatable bonds is 6. The number of nitrogens with one attached hydrogen (secondary N) is 1. The molecule has 4 aromatic rings. The van der Waals surface area contributed by atoms with Crippen LogP contribution in [-0.2, 0) is 0 Å². The number of aliphatic hydroxyl groups is 1. The summed E-state index contributed by atoms with van der Waals surface area (Å²) in [7, 11) is 1.65. The molecular formula is C27H29FN6O3. The summed E-state index contributed by atoms with van der Waals surface area (Å²) < 4.78 is 23.9. The second-order valence-electron chi connectivity index (χ2n) is 9.86. The van der Waals surface area contributed by atoms with Gasteiger partial charge in [0.2, 0.25) is 0 Å². The van der Waals surface area contributed by atoms with E-state index in [0.717, 1.165) is 54.3 Å². The van der Waals surface area contributed by atoms with Gasteiger partial charge in [0.25, 0.3) is 5.91 Å². The largest absolute Gasteiger partial charge is 0.494 e. The normalized spacial score (nSPS) is 16.4. The molecular weight excluding hydrogens is 475 g/mol. The molecule has 9 nitrogen and oxygen atoms in total. The first kappa shape index (κ1) is 23.5. The molecule has 0 atom stereocenters. The van der Waals surface area contributed by atoms with Gasteiger partial charge in [-0.05, 0) is 50.3 Å². The first-order valence-corrected chi connectivity index (χ1v) is 12.6. The summed E-state index contributed by atoms with van der Waals surface area (Å²) in [5.74, 6) is -0.210. The Hall–Kier alpha value is -3.92. The van der Waals surface area contributed by atoms with Gasteiger partial charge in [-0.15, -0.1) is 0 Å². The van der Waals surface area contributed by atoms with Crippen molar-refractivity contribution >= 4 is 17.2 Å². The maximum Gasteiger partial charge on any atom is 0.254 e. The highest BCUT2D eigenvalue weighted by molar-refractivity contribution is 5.95. The number of nitrogens with zero attached hydrogens (tertiary/aromatic N) is 5. The van der Waals surface area contributed by atoms with Crippen molar-refractivity contribution in [2.45, 2.75) is 44.8 Å². The number of pyridine rings is 1. The lowest BCUT2D eigenvalue weighted by atomic mass is 10.1. The van der Waals surface area contributed by atoms with Gasteiger partial charge in [0.1, 0.15) is 17.2 Å². The van der Waals surface area contributed by atoms with E-state index in [1.54, 1.807) is 37.2 Å². The number of amides is 1. The van der Waals surface area contributed by atoms with Crippen molar-refractivity contribution in [3.05, 3.63) is 59.9 Å². The van der Waals surface area contributed by atoms with Crippen LogP contribution < -0.4 is 15.0 Å². The van der Waals surface area contributed by atoms with Crippen LogP contribution in [0.4, 0.5) is 10.1 Å². The number of piperidine rings is 1. The number of carbonyl (C=O) groups is 1. The van der Waals surface area contributed by atoms with Gasteiger partial charge >= 0.3 is 0 Å². The van der Waals surface area contributed by atoms with Crippen LogP contribution >= 0.6 is 0 Å². The van der Waals surface area contributed by atoms with Gasteiger partial charge in [0, 0.05) is 43.2 Å². The van der Waals surface area contributed by atoms with E-state index in [4.69, 9.17) is 4.74 Å². The SMILES string of the molecule is COc1cc2ncc(-c3cnn(-c4cc(C(=O)NC5CC5)c(F)cc4C)c3)n2cc1N1CCC(O)CC1. The van der Waals surface area contributed by atoms with E-state index in [9.17, 15) is 14.3 Å². The zero-order valence-electron chi connectivity index (χ0n) is 20.8. The van der Waals surface area contributed by atoms with Crippen molar-refractivity contribution in [3.8, 4) is 22.7 Å². The molecule has 1 aliphatic heterocycles. The Balaban J connectivity index is 1.36. The predicted octanol–water partition coefficient (Wildman–Crippen LogP) is 3.50. The number of hydrogen-bond acceptors (Lipinski definition) is 6. The van der Waals surface area contributed by atoms with Crippen LogP contribution in [0.2, 0.25) is 0 Å². The summed E-state index contributed by atoms with van der Waals surface area (Å²) in [4.78, 5) is 19.3. The fraction of sp³-hybridized carbons (Fsp3) is 0.370. The summed E-state index contributed by atoms with van der Waals surface area (Å²) >= 11 is 0. The summed E-state index contributed by atoms with van der Waals surface area (Å²) in [6.07, 6.45) is 10.4. The number of aromatic nitrogens is 4. The van der Waals surface area contributed by atoms with Gasteiger partial charge in [0.05, 0.1) is 48.2 Å². The molecule has 4 heterocycles. The third-order valence-corrected chi connectivity index (χ3v) is 7.18. The standard InChI is InChI=1S/C27H29FN6O3/c1-16-9-21(28)20(27(36)31-18-3-4-18)10-22(16)34-14-17(12-30-34)23-13-29-26-11-25(37-2)24(15-33(23)26)32-7-5-19(35)6-8-32/h9-15,18-19,35H,3-8H2,1-2H3,(H,31,36). The van der Waals surface area contributed by atoms with Gasteiger partial charge in [-0.1, -0.05) is 0 Å². The highest BCUT2D eigenvalue weighted by atomic mass is 19.1. The molecule has 0 radical (unpaired) electrons. The van der Waals surface area contributed by atoms with E-state index in [-0.39, 0.29) is 17.7 Å². The average Bonchev–Trinajstić information content (AvgIpc) is 3.40. The smallest absolute Gasteiger partial charge is 0.254 e. The molecule has 6 rings (SSSR count). The topological polar surface area (TPSA) is 96.9 Å². The molecule has 0 spiro atoms. The van der Waals surface area contributed by atoms with Crippen molar-refractivity contribution < 1.29 is 19.0 Å². The third-order valence-electron chi connectivity index (χ3n) is 7.18. The summed E-state index contributed by atoms with van der Waals surface area (Å²) in [6.45, 7) is 3.28. The molecule has 10 heteroatoms. The molecule has 1 saturated heterocycles. The van der Waals surface area contributed by atoms with E-state index in [2.05, 4.69) is 20.3 Å². The number of fused-ring (bicyclic) bond motifs is 1. The number of anilines is 1. The maximum absolute atomic E-state index is 14.6. The monoisotopic (exact) mass is 504 g/mol. The zero-order valence-corrected chi connectivity index (χ0v) is 20.8. The fourth-order valence-corrected chi connectivity index (χ4v) is 4.88. The number of aliphatic hydroxyl groups excluding tert-OH is 1. The molecule has 2 N–H and O–H groups in total. The van der Waals surface area contributed by atoms with Crippen molar-refractivity contribution in [2.24, 2.45) is 0 Å². The number of halogens is 1. The van der Waals surface area contributed by atoms with Crippen LogP contribution in [0.5, 0.6) is 5.75 Å². The molecule has 0 bridgehead atoms. The quantitative estimate of drug-likeness (QED) is 0.417. The average molecular weight is 505 g/mol. The molecule has 37 heavy (non-hydrogen) atoms. The van der Waals surface area contributed by atoms with Gasteiger partial charge < -0.3 is 20.1 Å². The van der Waals surface area contributed by atoms with Crippen LogP contribution in [0, 0.1) is 12.7 Å². The number of hydrogen-bond donors (Lipinski definition) is 2.